The van der Waals surface area contributed by atoms with Crippen LogP contribution in [0.15, 0.2) is 0 Å². The van der Waals surface area contributed by atoms with E-state index in [1.165, 1.54) is 0 Å². The molecule has 0 bridgehead atoms. The number of hydrogen-bond donors (Lipinski definition) is 2. The number of halogens is 3. The van der Waals surface area contributed by atoms with Crippen LogP contribution in [0.3, 0.4) is 0 Å². The second-order valence-electron chi connectivity index (χ2n) is 3.95. The minimum Gasteiger partial charge on any atom is -0.396 e. The van der Waals surface area contributed by atoms with E-state index in [0.717, 1.165) is 0 Å². The Morgan fingerprint density at radius 1 is 1.27 bits per heavy atom. The molecule has 0 heterocycles. The van der Waals surface area contributed by atoms with Crippen molar-refractivity contribution >= 4 is 0 Å². The van der Waals surface area contributed by atoms with Crippen LogP contribution in [-0.4, -0.2) is 43.2 Å². The average molecular weight is 229 g/mol. The maximum absolute atomic E-state index is 11.7. The van der Waals surface area contributed by atoms with E-state index in [1.807, 2.05) is 13.8 Å². The summed E-state index contributed by atoms with van der Waals surface area (Å²) in [7, 11) is 0. The van der Waals surface area contributed by atoms with Crippen LogP contribution in [0.4, 0.5) is 13.2 Å². The van der Waals surface area contributed by atoms with Crippen LogP contribution in [-0.2, 0) is 4.74 Å². The number of alkyl halides is 3. The Labute approximate surface area is 87.6 Å². The molecule has 0 aliphatic heterocycles. The minimum atomic E-state index is -4.26. The van der Waals surface area contributed by atoms with E-state index in [0.29, 0.717) is 13.0 Å². The molecule has 2 N–H and O–H groups in total. The van der Waals surface area contributed by atoms with E-state index >= 15 is 0 Å². The van der Waals surface area contributed by atoms with Crippen LogP contribution in [0.2, 0.25) is 0 Å². The molecular weight excluding hydrogens is 211 g/mol. The quantitative estimate of drug-likeness (QED) is 0.647. The zero-order valence-electron chi connectivity index (χ0n) is 9.02. The Balaban J connectivity index is 3.46. The minimum absolute atomic E-state index is 0.00830. The third-order valence-electron chi connectivity index (χ3n) is 1.85. The highest BCUT2D eigenvalue weighted by molar-refractivity contribution is 4.76. The number of aliphatic hydroxyl groups is 1. The highest BCUT2D eigenvalue weighted by Crippen LogP contribution is 2.14. The summed E-state index contributed by atoms with van der Waals surface area (Å²) >= 11 is 0. The summed E-state index contributed by atoms with van der Waals surface area (Å²) in [4.78, 5) is 0. The molecule has 6 heteroatoms. The molecule has 92 valence electrons. The van der Waals surface area contributed by atoms with E-state index in [9.17, 15) is 13.2 Å². The van der Waals surface area contributed by atoms with Crippen LogP contribution < -0.4 is 5.32 Å². The SMILES string of the molecule is CC(C)(CCO)NCCOCC(F)(F)F. The molecule has 15 heavy (non-hydrogen) atoms. The first-order valence-electron chi connectivity index (χ1n) is 4.77. The van der Waals surface area contributed by atoms with Gasteiger partial charge in [-0.2, -0.15) is 13.2 Å². The molecular formula is C9H18F3NO2. The van der Waals surface area contributed by atoms with Crippen molar-refractivity contribution in [3.63, 3.8) is 0 Å². The van der Waals surface area contributed by atoms with Crippen molar-refractivity contribution in [2.24, 2.45) is 0 Å². The maximum atomic E-state index is 11.7. The van der Waals surface area contributed by atoms with E-state index in [1.54, 1.807) is 0 Å². The number of nitrogens with one attached hydrogen (secondary N) is 1. The van der Waals surface area contributed by atoms with Gasteiger partial charge in [0.2, 0.25) is 0 Å². The van der Waals surface area contributed by atoms with Gasteiger partial charge in [-0.3, -0.25) is 0 Å². The first-order valence-corrected chi connectivity index (χ1v) is 4.77. The lowest BCUT2D eigenvalue weighted by molar-refractivity contribution is -0.173. The van der Waals surface area contributed by atoms with Gasteiger partial charge in [0.1, 0.15) is 6.61 Å². The molecule has 3 nitrogen and oxygen atoms in total. The first-order chi connectivity index (χ1) is 6.77. The lowest BCUT2D eigenvalue weighted by Crippen LogP contribution is -2.42. The molecule has 0 rings (SSSR count). The van der Waals surface area contributed by atoms with E-state index < -0.39 is 12.8 Å². The summed E-state index contributed by atoms with van der Waals surface area (Å²) in [6, 6.07) is 0. The van der Waals surface area contributed by atoms with Crippen LogP contribution in [0, 0.1) is 0 Å². The summed E-state index contributed by atoms with van der Waals surface area (Å²) in [6.45, 7) is 2.91. The highest BCUT2D eigenvalue weighted by Gasteiger charge is 2.27. The first kappa shape index (κ1) is 14.7. The molecule has 0 fully saturated rings. The lowest BCUT2D eigenvalue weighted by Gasteiger charge is -2.25. The summed E-state index contributed by atoms with van der Waals surface area (Å²) in [5.41, 5.74) is -0.281. The molecule has 0 aliphatic rings. The Bertz CT molecular complexity index is 171. The number of hydrogen-bond acceptors (Lipinski definition) is 3. The standard InChI is InChI=1S/C9H18F3NO2/c1-8(2,3-5-14)13-4-6-15-7-9(10,11)12/h13-14H,3-7H2,1-2H3. The third kappa shape index (κ3) is 9.96. The van der Waals surface area contributed by atoms with Crippen molar-refractivity contribution in [1.82, 2.24) is 5.32 Å². The highest BCUT2D eigenvalue weighted by atomic mass is 19.4. The van der Waals surface area contributed by atoms with Crippen molar-refractivity contribution < 1.29 is 23.0 Å². The Kier molecular flexibility index (Phi) is 6.16. The molecule has 0 spiro atoms. The van der Waals surface area contributed by atoms with Gasteiger partial charge in [0.15, 0.2) is 0 Å². The monoisotopic (exact) mass is 229 g/mol. The second kappa shape index (κ2) is 6.30. The van der Waals surface area contributed by atoms with Crippen molar-refractivity contribution in [3.8, 4) is 0 Å². The topological polar surface area (TPSA) is 41.5 Å². The second-order valence-corrected chi connectivity index (χ2v) is 3.95. The molecule has 0 atom stereocenters. The summed E-state index contributed by atoms with van der Waals surface area (Å²) in [5.74, 6) is 0. The van der Waals surface area contributed by atoms with Gasteiger partial charge in [-0.15, -0.1) is 0 Å². The normalized spacial score (nSPS) is 13.2. The van der Waals surface area contributed by atoms with Crippen LogP contribution >= 0.6 is 0 Å². The van der Waals surface area contributed by atoms with E-state index in [2.05, 4.69) is 10.1 Å². The van der Waals surface area contributed by atoms with Gasteiger partial charge in [-0.25, -0.2) is 0 Å². The van der Waals surface area contributed by atoms with Gasteiger partial charge < -0.3 is 15.2 Å². The fourth-order valence-electron chi connectivity index (χ4n) is 1.02. The van der Waals surface area contributed by atoms with E-state index in [4.69, 9.17) is 5.11 Å². The third-order valence-corrected chi connectivity index (χ3v) is 1.85. The number of ether oxygens (including phenoxy) is 1. The van der Waals surface area contributed by atoms with Crippen molar-refractivity contribution in [3.05, 3.63) is 0 Å². The molecule has 0 radical (unpaired) electrons. The molecule has 0 aromatic heterocycles. The maximum Gasteiger partial charge on any atom is 0.411 e. The van der Waals surface area contributed by atoms with Crippen LogP contribution in [0.5, 0.6) is 0 Å². The predicted molar refractivity (Wildman–Crippen MR) is 50.7 cm³/mol. The van der Waals surface area contributed by atoms with Gasteiger partial charge in [-0.05, 0) is 20.3 Å². The summed E-state index contributed by atoms with van der Waals surface area (Å²) in [5, 5.41) is 11.7. The largest absolute Gasteiger partial charge is 0.411 e. The Hall–Kier alpha value is -0.330. The summed E-state index contributed by atoms with van der Waals surface area (Å²) < 4.78 is 39.4. The molecule has 0 aromatic carbocycles. The lowest BCUT2D eigenvalue weighted by atomic mass is 10.0. The fourth-order valence-corrected chi connectivity index (χ4v) is 1.02. The smallest absolute Gasteiger partial charge is 0.396 e. The average Bonchev–Trinajstić information content (AvgIpc) is 2.00. The van der Waals surface area contributed by atoms with Gasteiger partial charge >= 0.3 is 6.18 Å². The van der Waals surface area contributed by atoms with Gasteiger partial charge in [0, 0.05) is 18.7 Å². The van der Waals surface area contributed by atoms with Gasteiger partial charge in [0.25, 0.3) is 0 Å². The van der Waals surface area contributed by atoms with Crippen molar-refractivity contribution in [2.45, 2.75) is 32.0 Å². The number of aliphatic hydroxyl groups excluding tert-OH is 1. The Morgan fingerprint density at radius 3 is 2.33 bits per heavy atom. The zero-order valence-corrected chi connectivity index (χ0v) is 9.02. The van der Waals surface area contributed by atoms with E-state index in [-0.39, 0.29) is 18.8 Å². The molecule has 0 aliphatic carbocycles. The van der Waals surface area contributed by atoms with Crippen molar-refractivity contribution in [1.29, 1.82) is 0 Å². The zero-order chi connectivity index (χ0) is 11.9. The van der Waals surface area contributed by atoms with Crippen LogP contribution in [0.25, 0.3) is 0 Å². The van der Waals surface area contributed by atoms with Gasteiger partial charge in [-0.1, -0.05) is 0 Å². The summed E-state index contributed by atoms with van der Waals surface area (Å²) in [6.07, 6.45) is -3.72. The predicted octanol–water partition coefficient (Wildman–Crippen LogP) is 1.32. The van der Waals surface area contributed by atoms with Crippen molar-refractivity contribution in [2.75, 3.05) is 26.4 Å². The Morgan fingerprint density at radius 2 is 1.87 bits per heavy atom. The molecule has 0 saturated carbocycles. The number of rotatable bonds is 7. The van der Waals surface area contributed by atoms with Gasteiger partial charge in [0.05, 0.1) is 6.61 Å². The molecule has 0 saturated heterocycles. The van der Waals surface area contributed by atoms with Crippen LogP contribution in [0.1, 0.15) is 20.3 Å². The molecule has 0 aromatic rings. The molecule has 0 amide bonds. The molecule has 0 unspecified atom stereocenters. The fraction of sp³-hybridized carbons (Fsp3) is 1.00.